The summed E-state index contributed by atoms with van der Waals surface area (Å²) in [7, 11) is 0. The molecule has 0 N–H and O–H groups in total. The molecule has 0 aromatic heterocycles. The van der Waals surface area contributed by atoms with Crippen LogP contribution in [0.15, 0.2) is 18.2 Å². The second-order valence-electron chi connectivity index (χ2n) is 2.43. The van der Waals surface area contributed by atoms with E-state index >= 15 is 0 Å². The van der Waals surface area contributed by atoms with Crippen LogP contribution in [0.25, 0.3) is 0 Å². The van der Waals surface area contributed by atoms with E-state index in [9.17, 15) is 0 Å². The van der Waals surface area contributed by atoms with Crippen LogP contribution in [-0.4, -0.2) is 0 Å². The molecule has 0 aliphatic rings. The zero-order chi connectivity index (χ0) is 7.56. The van der Waals surface area contributed by atoms with Crippen LogP contribution in [0.4, 0.5) is 0 Å². The molecule has 0 radical (unpaired) electrons. The summed E-state index contributed by atoms with van der Waals surface area (Å²) in [6.07, 6.45) is 0. The topological polar surface area (TPSA) is 9.23 Å². The van der Waals surface area contributed by atoms with Gasteiger partial charge in [-0.1, -0.05) is 0 Å². The third kappa shape index (κ3) is 3.28. The van der Waals surface area contributed by atoms with Gasteiger partial charge < -0.3 is 0 Å². The minimum absolute atomic E-state index is 0. The van der Waals surface area contributed by atoms with E-state index in [1.54, 1.807) is 20.8 Å². The van der Waals surface area contributed by atoms with Crippen LogP contribution in [0.1, 0.15) is 11.1 Å². The number of hydrogen-bond donors (Lipinski definition) is 0. The molecule has 0 amide bonds. The first-order valence-corrected chi connectivity index (χ1v) is 3.78. The molecule has 0 unspecified atom stereocenters. The third-order valence-corrected chi connectivity index (χ3v) is 1.68. The Morgan fingerprint density at radius 1 is 1.09 bits per heavy atom. The third-order valence-electron chi connectivity index (χ3n) is 1.31. The number of rotatable bonds is 1. The van der Waals surface area contributed by atoms with Crippen molar-refractivity contribution in [3.63, 3.8) is 0 Å². The van der Waals surface area contributed by atoms with E-state index in [1.807, 2.05) is 12.1 Å². The summed E-state index contributed by atoms with van der Waals surface area (Å²) in [6, 6.07) is 6.17. The normalized spacial score (nSPS) is 8.45. The Morgan fingerprint density at radius 3 is 1.91 bits per heavy atom. The van der Waals surface area contributed by atoms with Gasteiger partial charge in [0.2, 0.25) is 0 Å². The van der Waals surface area contributed by atoms with Crippen molar-refractivity contribution in [3.05, 3.63) is 29.3 Å². The summed E-state index contributed by atoms with van der Waals surface area (Å²) in [5.41, 5.74) is 2.49. The second-order valence-corrected chi connectivity index (χ2v) is 2.74. The van der Waals surface area contributed by atoms with Crippen LogP contribution in [0.2, 0.25) is 0 Å². The molecule has 59 valence electrons. The molecule has 0 heterocycles. The number of benzene rings is 1. The first-order chi connectivity index (χ1) is 4.72. The molecule has 0 aliphatic carbocycles. The molecule has 0 spiro atoms. The van der Waals surface area contributed by atoms with Crippen LogP contribution < -0.4 is 3.32 Å². The van der Waals surface area contributed by atoms with Crippen LogP contribution in [0.3, 0.4) is 0 Å². The van der Waals surface area contributed by atoms with Crippen molar-refractivity contribution in [1.82, 2.24) is 0 Å². The molecule has 0 bridgehead atoms. The van der Waals surface area contributed by atoms with Crippen LogP contribution in [-0.2, 0) is 20.8 Å². The molecule has 0 saturated heterocycles. The van der Waals surface area contributed by atoms with Crippen molar-refractivity contribution in [2.45, 2.75) is 13.8 Å². The largest absolute Gasteiger partial charge is 0.147 e. The van der Waals surface area contributed by atoms with E-state index in [0.29, 0.717) is 0 Å². The minimum Gasteiger partial charge on any atom is -0.147 e. The van der Waals surface area contributed by atoms with Crippen LogP contribution >= 0.6 is 12.4 Å². The van der Waals surface area contributed by atoms with Gasteiger partial charge in [0, 0.05) is 0 Å². The minimum atomic E-state index is 0. The fourth-order valence-corrected chi connectivity index (χ4v) is 1.18. The maximum atomic E-state index is 5.08. The Kier molecular flexibility index (Phi) is 4.82. The number of hydrogen-bond acceptors (Lipinski definition) is 1. The van der Waals surface area contributed by atoms with Crippen LogP contribution in [0.5, 0.6) is 5.75 Å². The second kappa shape index (κ2) is 4.81. The van der Waals surface area contributed by atoms with Gasteiger partial charge in [0.25, 0.3) is 0 Å². The van der Waals surface area contributed by atoms with Crippen molar-refractivity contribution in [3.8, 4) is 5.75 Å². The van der Waals surface area contributed by atoms with Gasteiger partial charge in [0.1, 0.15) is 0 Å². The average Bonchev–Trinajstić information content (AvgIpc) is 1.85. The quantitative estimate of drug-likeness (QED) is 0.640. The maximum absolute atomic E-state index is 5.08. The van der Waals surface area contributed by atoms with Crippen molar-refractivity contribution in [2.75, 3.05) is 0 Å². The van der Waals surface area contributed by atoms with E-state index in [2.05, 4.69) is 19.9 Å². The summed E-state index contributed by atoms with van der Waals surface area (Å²) in [4.78, 5) is 0. The van der Waals surface area contributed by atoms with E-state index < -0.39 is 0 Å². The smallest absolute Gasteiger partial charge is 0.147 e. The van der Waals surface area contributed by atoms with E-state index in [0.717, 1.165) is 5.75 Å². The first kappa shape index (κ1) is 11.0. The molecular formula is C8H10ClOTi. The fraction of sp³-hybridized carbons (Fsp3) is 0.250. The Hall–Kier alpha value is 0.0243. The Balaban J connectivity index is 0.000001000. The van der Waals surface area contributed by atoms with Gasteiger partial charge in [-0.15, -0.1) is 12.4 Å². The van der Waals surface area contributed by atoms with E-state index in [4.69, 9.17) is 3.32 Å². The van der Waals surface area contributed by atoms with Gasteiger partial charge in [-0.25, -0.2) is 0 Å². The summed E-state index contributed by atoms with van der Waals surface area (Å²) in [5.74, 6) is 0.942. The molecule has 0 saturated carbocycles. The van der Waals surface area contributed by atoms with Gasteiger partial charge >= 0.3 is 73.1 Å². The zero-order valence-electron chi connectivity index (χ0n) is 6.55. The Labute approximate surface area is 85.4 Å². The van der Waals surface area contributed by atoms with E-state index in [1.165, 1.54) is 11.1 Å². The van der Waals surface area contributed by atoms with Gasteiger partial charge in [-0.3, -0.25) is 0 Å². The molecular weight excluding hydrogens is 195 g/mol. The van der Waals surface area contributed by atoms with Crippen molar-refractivity contribution in [2.24, 2.45) is 0 Å². The molecule has 1 aromatic rings. The molecule has 11 heavy (non-hydrogen) atoms. The molecule has 0 aliphatic heterocycles. The molecule has 3 heteroatoms. The van der Waals surface area contributed by atoms with Crippen molar-refractivity contribution >= 4 is 12.4 Å². The molecule has 1 aromatic carbocycles. The summed E-state index contributed by atoms with van der Waals surface area (Å²) < 4.78 is 5.08. The average molecular weight is 205 g/mol. The molecule has 1 rings (SSSR count). The van der Waals surface area contributed by atoms with Gasteiger partial charge in [0.15, 0.2) is 0 Å². The van der Waals surface area contributed by atoms with Gasteiger partial charge in [0.05, 0.1) is 0 Å². The standard InChI is InChI=1S/C8H10O.ClH.Ti/c1-6-3-7(2)5-8(9)4-6;;/h3-5,9H,1-2H3;1H;/q;;+1/p-1. The van der Waals surface area contributed by atoms with E-state index in [-0.39, 0.29) is 12.4 Å². The Morgan fingerprint density at radius 2 is 1.55 bits per heavy atom. The number of aryl methyl sites for hydroxylation is 2. The fourth-order valence-electron chi connectivity index (χ4n) is 0.992. The van der Waals surface area contributed by atoms with Crippen LogP contribution in [0, 0.1) is 13.8 Å². The molecule has 1 nitrogen and oxygen atoms in total. The summed E-state index contributed by atoms with van der Waals surface area (Å²) in [5, 5.41) is 0. The monoisotopic (exact) mass is 205 g/mol. The summed E-state index contributed by atoms with van der Waals surface area (Å²) in [6.45, 7) is 4.13. The van der Waals surface area contributed by atoms with Gasteiger partial charge in [-0.05, 0) is 0 Å². The molecule has 0 fully saturated rings. The maximum Gasteiger partial charge on any atom is -0.147 e. The first-order valence-electron chi connectivity index (χ1n) is 3.14. The van der Waals surface area contributed by atoms with Crippen molar-refractivity contribution < 1.29 is 24.1 Å². The summed E-state index contributed by atoms with van der Waals surface area (Å²) >= 11 is 1.69. The van der Waals surface area contributed by atoms with Crippen molar-refractivity contribution in [1.29, 1.82) is 0 Å². The Bertz CT molecular complexity index is 217. The zero-order valence-corrected chi connectivity index (χ0v) is 8.93. The SMILES string of the molecule is Cc1cc(C)cc([O][Ti])c1.Cl. The number of halogens is 1. The predicted octanol–water partition coefficient (Wildman–Crippen LogP) is 2.57. The van der Waals surface area contributed by atoms with Gasteiger partial charge in [-0.2, -0.15) is 0 Å². The predicted molar refractivity (Wildman–Crippen MR) is 43.8 cm³/mol. The molecule has 0 atom stereocenters.